The van der Waals surface area contributed by atoms with Crippen molar-refractivity contribution in [1.29, 1.82) is 0 Å². The van der Waals surface area contributed by atoms with Crippen LogP contribution in [0.25, 0.3) is 11.3 Å². The van der Waals surface area contributed by atoms with Crippen LogP contribution in [0.15, 0.2) is 23.0 Å². The van der Waals surface area contributed by atoms with Crippen LogP contribution in [0, 0.1) is 0 Å². The highest BCUT2D eigenvalue weighted by Gasteiger charge is 2.18. The summed E-state index contributed by atoms with van der Waals surface area (Å²) >= 11 is 1.73. The fourth-order valence-corrected chi connectivity index (χ4v) is 3.14. The number of rotatable bonds is 2. The Hall–Kier alpha value is -1.09. The molecular weight excluding hydrogens is 216 g/mol. The van der Waals surface area contributed by atoms with Crippen LogP contribution >= 0.6 is 11.3 Å². The number of hydrogen-bond acceptors (Lipinski definition) is 2. The van der Waals surface area contributed by atoms with E-state index in [1.54, 1.807) is 11.3 Å². The zero-order valence-corrected chi connectivity index (χ0v) is 10.1. The molecule has 0 amide bonds. The Morgan fingerprint density at radius 1 is 1.25 bits per heavy atom. The third kappa shape index (κ3) is 1.92. The molecule has 1 aliphatic rings. The van der Waals surface area contributed by atoms with Crippen molar-refractivity contribution in [2.45, 2.75) is 38.0 Å². The second-order valence-corrected chi connectivity index (χ2v) is 5.31. The number of aromatic nitrogens is 2. The topological polar surface area (TPSA) is 28.7 Å². The molecule has 0 aromatic carbocycles. The predicted octanol–water partition coefficient (Wildman–Crippen LogP) is 4.19. The highest BCUT2D eigenvalue weighted by atomic mass is 32.1. The van der Waals surface area contributed by atoms with E-state index in [0.717, 1.165) is 0 Å². The third-order valence-corrected chi connectivity index (χ3v) is 4.10. The summed E-state index contributed by atoms with van der Waals surface area (Å²) in [5, 5.41) is 4.27. The van der Waals surface area contributed by atoms with Crippen LogP contribution in [-0.4, -0.2) is 9.97 Å². The van der Waals surface area contributed by atoms with Gasteiger partial charge in [0.15, 0.2) is 0 Å². The molecule has 3 rings (SSSR count). The summed E-state index contributed by atoms with van der Waals surface area (Å²) in [6.45, 7) is 0. The predicted molar refractivity (Wildman–Crippen MR) is 67.7 cm³/mol. The summed E-state index contributed by atoms with van der Waals surface area (Å²) in [4.78, 5) is 8.03. The van der Waals surface area contributed by atoms with Crippen LogP contribution in [0.3, 0.4) is 0 Å². The van der Waals surface area contributed by atoms with E-state index in [1.807, 2.05) is 6.20 Å². The van der Waals surface area contributed by atoms with Gasteiger partial charge in [-0.25, -0.2) is 4.98 Å². The average Bonchev–Trinajstić information content (AvgIpc) is 3.01. The van der Waals surface area contributed by atoms with Crippen molar-refractivity contribution < 1.29 is 0 Å². The largest absolute Gasteiger partial charge is 0.342 e. The summed E-state index contributed by atoms with van der Waals surface area (Å²) in [5.41, 5.74) is 2.43. The normalized spacial score (nSPS) is 17.8. The van der Waals surface area contributed by atoms with Gasteiger partial charge in [0.25, 0.3) is 0 Å². The van der Waals surface area contributed by atoms with Crippen LogP contribution in [0.5, 0.6) is 0 Å². The molecule has 0 spiro atoms. The Kier molecular flexibility index (Phi) is 2.79. The second-order valence-electron chi connectivity index (χ2n) is 4.53. The van der Waals surface area contributed by atoms with Gasteiger partial charge in [0.1, 0.15) is 5.82 Å². The molecule has 2 nitrogen and oxygen atoms in total. The molecule has 2 aromatic rings. The van der Waals surface area contributed by atoms with E-state index >= 15 is 0 Å². The second kappa shape index (κ2) is 4.42. The van der Waals surface area contributed by atoms with E-state index in [2.05, 4.69) is 26.8 Å². The first kappa shape index (κ1) is 10.1. The van der Waals surface area contributed by atoms with Gasteiger partial charge in [-0.3, -0.25) is 0 Å². The molecule has 1 N–H and O–H groups in total. The molecule has 0 bridgehead atoms. The number of H-pyrrole nitrogens is 1. The van der Waals surface area contributed by atoms with Gasteiger partial charge in [-0.2, -0.15) is 11.3 Å². The van der Waals surface area contributed by atoms with E-state index < -0.39 is 0 Å². The zero-order valence-electron chi connectivity index (χ0n) is 9.28. The van der Waals surface area contributed by atoms with Crippen molar-refractivity contribution in [3.8, 4) is 11.3 Å². The van der Waals surface area contributed by atoms with Gasteiger partial charge in [-0.05, 0) is 24.3 Å². The van der Waals surface area contributed by atoms with E-state index in [-0.39, 0.29) is 0 Å². The average molecular weight is 232 g/mol. The van der Waals surface area contributed by atoms with Gasteiger partial charge in [0.05, 0.1) is 11.9 Å². The molecule has 0 saturated heterocycles. The minimum atomic E-state index is 0.668. The van der Waals surface area contributed by atoms with Crippen molar-refractivity contribution in [3.05, 3.63) is 28.8 Å². The smallest absolute Gasteiger partial charge is 0.109 e. The fourth-order valence-electron chi connectivity index (χ4n) is 2.48. The van der Waals surface area contributed by atoms with E-state index in [1.165, 1.54) is 49.2 Å². The van der Waals surface area contributed by atoms with Gasteiger partial charge >= 0.3 is 0 Å². The molecule has 0 aliphatic heterocycles. The highest BCUT2D eigenvalue weighted by Crippen LogP contribution is 2.32. The maximum atomic E-state index is 4.54. The lowest BCUT2D eigenvalue weighted by Gasteiger charge is -2.19. The number of imidazole rings is 1. The monoisotopic (exact) mass is 232 g/mol. The summed E-state index contributed by atoms with van der Waals surface area (Å²) in [7, 11) is 0. The van der Waals surface area contributed by atoms with Crippen molar-refractivity contribution >= 4 is 11.3 Å². The Morgan fingerprint density at radius 2 is 2.12 bits per heavy atom. The molecule has 16 heavy (non-hydrogen) atoms. The summed E-state index contributed by atoms with van der Waals surface area (Å²) in [5.74, 6) is 1.86. The van der Waals surface area contributed by atoms with E-state index in [9.17, 15) is 0 Å². The maximum Gasteiger partial charge on any atom is 0.109 e. The molecular formula is C13H16N2S. The van der Waals surface area contributed by atoms with Gasteiger partial charge in [-0.15, -0.1) is 0 Å². The lowest BCUT2D eigenvalue weighted by atomic mass is 9.89. The number of nitrogens with zero attached hydrogens (tertiary/aromatic N) is 1. The summed E-state index contributed by atoms with van der Waals surface area (Å²) in [6.07, 6.45) is 8.70. The Labute approximate surface area is 99.7 Å². The Balaban J connectivity index is 1.82. The molecule has 84 valence electrons. The SMILES string of the molecule is c1cc(-c2cnc(C3CCCCC3)[nH]2)cs1. The van der Waals surface area contributed by atoms with Gasteiger partial charge in [-0.1, -0.05) is 19.3 Å². The first-order valence-electron chi connectivity index (χ1n) is 6.01. The zero-order chi connectivity index (χ0) is 10.8. The number of hydrogen-bond donors (Lipinski definition) is 1. The molecule has 2 aromatic heterocycles. The lowest BCUT2D eigenvalue weighted by Crippen LogP contribution is -2.05. The molecule has 1 aliphatic carbocycles. The number of thiophene rings is 1. The van der Waals surface area contributed by atoms with Crippen molar-refractivity contribution in [3.63, 3.8) is 0 Å². The van der Waals surface area contributed by atoms with E-state index in [0.29, 0.717) is 5.92 Å². The van der Waals surface area contributed by atoms with Crippen LogP contribution in [0.1, 0.15) is 43.8 Å². The molecule has 1 saturated carbocycles. The van der Waals surface area contributed by atoms with Crippen LogP contribution < -0.4 is 0 Å². The molecule has 0 radical (unpaired) electrons. The Bertz CT molecular complexity index is 438. The molecule has 0 unspecified atom stereocenters. The van der Waals surface area contributed by atoms with Gasteiger partial charge < -0.3 is 4.98 Å². The Morgan fingerprint density at radius 3 is 2.88 bits per heavy atom. The third-order valence-electron chi connectivity index (χ3n) is 3.42. The highest BCUT2D eigenvalue weighted by molar-refractivity contribution is 7.08. The molecule has 1 fully saturated rings. The molecule has 0 atom stereocenters. The molecule has 3 heteroatoms. The van der Waals surface area contributed by atoms with Crippen LogP contribution in [-0.2, 0) is 0 Å². The van der Waals surface area contributed by atoms with Crippen molar-refractivity contribution in [1.82, 2.24) is 9.97 Å². The number of nitrogens with one attached hydrogen (secondary N) is 1. The van der Waals surface area contributed by atoms with Gasteiger partial charge in [0, 0.05) is 16.9 Å². The quantitative estimate of drug-likeness (QED) is 0.826. The standard InChI is InChI=1S/C13H16N2S/c1-2-4-10(5-3-1)13-14-8-12(15-13)11-6-7-16-9-11/h6-10H,1-5H2,(H,14,15). The van der Waals surface area contributed by atoms with Gasteiger partial charge in [0.2, 0.25) is 0 Å². The summed E-state index contributed by atoms with van der Waals surface area (Å²) in [6, 6.07) is 2.14. The number of aromatic amines is 1. The fraction of sp³-hybridized carbons (Fsp3) is 0.462. The minimum Gasteiger partial charge on any atom is -0.342 e. The lowest BCUT2D eigenvalue weighted by molar-refractivity contribution is 0.431. The summed E-state index contributed by atoms with van der Waals surface area (Å²) < 4.78 is 0. The van der Waals surface area contributed by atoms with Crippen LogP contribution in [0.4, 0.5) is 0 Å². The first-order valence-corrected chi connectivity index (χ1v) is 6.95. The van der Waals surface area contributed by atoms with E-state index in [4.69, 9.17) is 0 Å². The minimum absolute atomic E-state index is 0.668. The van der Waals surface area contributed by atoms with Crippen molar-refractivity contribution in [2.75, 3.05) is 0 Å². The first-order chi connectivity index (χ1) is 7.93. The van der Waals surface area contributed by atoms with Crippen LogP contribution in [0.2, 0.25) is 0 Å². The maximum absolute atomic E-state index is 4.54. The molecule has 2 heterocycles. The van der Waals surface area contributed by atoms with Crippen molar-refractivity contribution in [2.24, 2.45) is 0 Å².